The Morgan fingerprint density at radius 1 is 1.20 bits per heavy atom. The molecule has 3 amide bonds. The van der Waals surface area contributed by atoms with Crippen LogP contribution in [0.15, 0.2) is 48.8 Å². The van der Waals surface area contributed by atoms with Crippen molar-refractivity contribution in [1.82, 2.24) is 20.2 Å². The molecule has 7 nitrogen and oxygen atoms in total. The van der Waals surface area contributed by atoms with Gasteiger partial charge in [-0.25, -0.2) is 9.78 Å². The molecule has 1 aliphatic heterocycles. The number of hydrogen-bond donors (Lipinski definition) is 1. The lowest BCUT2D eigenvalue weighted by Crippen LogP contribution is -2.31. The molecule has 0 atom stereocenters. The summed E-state index contributed by atoms with van der Waals surface area (Å²) >= 11 is 7.16. The number of carbonyl (C=O) groups excluding carboxylic acids is 2. The van der Waals surface area contributed by atoms with Crippen molar-refractivity contribution in [2.75, 3.05) is 18.0 Å². The Bertz CT molecular complexity index is 1060. The zero-order valence-electron chi connectivity index (χ0n) is 16.3. The first kappa shape index (κ1) is 20.3. The zero-order valence-corrected chi connectivity index (χ0v) is 17.9. The Kier molecular flexibility index (Phi) is 5.96. The number of amides is 3. The first-order valence-electron chi connectivity index (χ1n) is 9.46. The van der Waals surface area contributed by atoms with E-state index in [-0.39, 0.29) is 11.9 Å². The van der Waals surface area contributed by atoms with Crippen LogP contribution in [0, 0.1) is 6.92 Å². The van der Waals surface area contributed by atoms with Gasteiger partial charge < -0.3 is 10.2 Å². The predicted molar refractivity (Wildman–Crippen MR) is 117 cm³/mol. The number of pyridine rings is 1. The van der Waals surface area contributed by atoms with Crippen molar-refractivity contribution in [2.45, 2.75) is 20.0 Å². The first-order valence-corrected chi connectivity index (χ1v) is 10.7. The number of halogens is 1. The van der Waals surface area contributed by atoms with Crippen molar-refractivity contribution in [1.29, 1.82) is 0 Å². The van der Waals surface area contributed by atoms with Crippen molar-refractivity contribution >= 4 is 40.0 Å². The molecule has 0 saturated carbocycles. The van der Waals surface area contributed by atoms with E-state index in [0.29, 0.717) is 46.9 Å². The quantitative estimate of drug-likeness (QED) is 0.629. The summed E-state index contributed by atoms with van der Waals surface area (Å²) in [5, 5.41) is 4.10. The molecule has 0 spiro atoms. The van der Waals surface area contributed by atoms with Crippen LogP contribution in [0.2, 0.25) is 5.02 Å². The molecule has 1 aliphatic rings. The summed E-state index contributed by atoms with van der Waals surface area (Å²) in [5.74, 6) is -0.204. The van der Waals surface area contributed by atoms with Crippen LogP contribution >= 0.6 is 22.9 Å². The number of rotatable bonds is 6. The number of aromatic nitrogens is 2. The number of hydrogen-bond acceptors (Lipinski definition) is 5. The molecule has 1 aromatic carbocycles. The van der Waals surface area contributed by atoms with Gasteiger partial charge in [0.05, 0.1) is 5.69 Å². The number of aryl methyl sites for hydroxylation is 1. The first-order chi connectivity index (χ1) is 14.5. The van der Waals surface area contributed by atoms with E-state index in [1.165, 1.54) is 11.3 Å². The lowest BCUT2D eigenvalue weighted by atomic mass is 10.2. The number of anilines is 1. The van der Waals surface area contributed by atoms with Crippen LogP contribution < -0.4 is 10.2 Å². The van der Waals surface area contributed by atoms with E-state index in [9.17, 15) is 9.59 Å². The van der Waals surface area contributed by atoms with Gasteiger partial charge in [0, 0.05) is 43.6 Å². The third kappa shape index (κ3) is 4.44. The van der Waals surface area contributed by atoms with E-state index in [1.807, 2.05) is 36.4 Å². The molecule has 9 heteroatoms. The maximum atomic E-state index is 12.9. The minimum absolute atomic E-state index is 0.110. The molecule has 30 heavy (non-hydrogen) atoms. The molecular formula is C21H20ClN5O2S. The van der Waals surface area contributed by atoms with Gasteiger partial charge in [0.2, 0.25) is 0 Å². The van der Waals surface area contributed by atoms with Gasteiger partial charge in [0.15, 0.2) is 5.13 Å². The van der Waals surface area contributed by atoms with E-state index in [2.05, 4.69) is 15.3 Å². The van der Waals surface area contributed by atoms with Crippen molar-refractivity contribution in [3.05, 3.63) is 75.5 Å². The molecule has 3 heterocycles. The second-order valence-corrected chi connectivity index (χ2v) is 8.35. The molecule has 154 valence electrons. The van der Waals surface area contributed by atoms with Crippen LogP contribution in [-0.2, 0) is 13.1 Å². The second kappa shape index (κ2) is 8.81. The summed E-state index contributed by atoms with van der Waals surface area (Å²) in [6, 6.07) is 11.1. The molecule has 0 aliphatic carbocycles. The average Bonchev–Trinajstić information content (AvgIpc) is 3.31. The van der Waals surface area contributed by atoms with Gasteiger partial charge in [-0.1, -0.05) is 41.1 Å². The minimum atomic E-state index is -0.204. The standard InChI is InChI=1S/C21H20ClN5O2S/c1-14-18(19(28)24-12-16-3-2-8-23-11-16)30-20(25-14)27-10-9-26(21(27)29)13-15-4-6-17(22)7-5-15/h2-8,11H,9-10,12-13H2,1H3,(H,24,28). The summed E-state index contributed by atoms with van der Waals surface area (Å²) in [5.41, 5.74) is 2.55. The van der Waals surface area contributed by atoms with Gasteiger partial charge in [0.1, 0.15) is 4.88 Å². The number of benzene rings is 1. The normalized spacial score (nSPS) is 13.7. The molecule has 1 N–H and O–H groups in total. The van der Waals surface area contributed by atoms with Gasteiger partial charge in [-0.05, 0) is 36.2 Å². The summed E-state index contributed by atoms with van der Waals surface area (Å²) < 4.78 is 0. The highest BCUT2D eigenvalue weighted by atomic mass is 35.5. The fraction of sp³-hybridized carbons (Fsp3) is 0.238. The Hall–Kier alpha value is -2.97. The molecule has 0 unspecified atom stereocenters. The average molecular weight is 442 g/mol. The Morgan fingerprint density at radius 2 is 2.00 bits per heavy atom. The maximum Gasteiger partial charge on any atom is 0.326 e. The largest absolute Gasteiger partial charge is 0.347 e. The van der Waals surface area contributed by atoms with Gasteiger partial charge in [-0.3, -0.25) is 14.7 Å². The Balaban J connectivity index is 1.41. The molecule has 1 saturated heterocycles. The van der Waals surface area contributed by atoms with Gasteiger partial charge >= 0.3 is 6.03 Å². The fourth-order valence-electron chi connectivity index (χ4n) is 3.19. The van der Waals surface area contributed by atoms with E-state index < -0.39 is 0 Å². The second-order valence-electron chi connectivity index (χ2n) is 6.94. The highest BCUT2D eigenvalue weighted by molar-refractivity contribution is 7.17. The summed E-state index contributed by atoms with van der Waals surface area (Å²) in [6.45, 7) is 3.82. The molecule has 3 aromatic rings. The summed E-state index contributed by atoms with van der Waals surface area (Å²) in [4.78, 5) is 37.9. The fourth-order valence-corrected chi connectivity index (χ4v) is 4.32. The highest BCUT2D eigenvalue weighted by Crippen LogP contribution is 2.29. The van der Waals surface area contributed by atoms with Gasteiger partial charge in [0.25, 0.3) is 5.91 Å². The van der Waals surface area contributed by atoms with Crippen molar-refractivity contribution in [3.63, 3.8) is 0 Å². The number of carbonyl (C=O) groups is 2. The monoisotopic (exact) mass is 441 g/mol. The SMILES string of the molecule is Cc1nc(N2CCN(Cc3ccc(Cl)cc3)C2=O)sc1C(=O)NCc1cccnc1. The van der Waals surface area contributed by atoms with E-state index >= 15 is 0 Å². The van der Waals surface area contributed by atoms with E-state index in [0.717, 1.165) is 11.1 Å². The van der Waals surface area contributed by atoms with Crippen LogP contribution in [0.5, 0.6) is 0 Å². The number of thiazole rings is 1. The highest BCUT2D eigenvalue weighted by Gasteiger charge is 2.32. The number of nitrogens with one attached hydrogen (secondary N) is 1. The zero-order chi connectivity index (χ0) is 21.1. The van der Waals surface area contributed by atoms with E-state index in [4.69, 9.17) is 11.6 Å². The summed E-state index contributed by atoms with van der Waals surface area (Å²) in [7, 11) is 0. The lowest BCUT2D eigenvalue weighted by molar-refractivity contribution is 0.0954. The predicted octanol–water partition coefficient (Wildman–Crippen LogP) is 3.87. The Labute approximate surface area is 183 Å². The summed E-state index contributed by atoms with van der Waals surface area (Å²) in [6.07, 6.45) is 3.40. The molecule has 0 radical (unpaired) electrons. The molecule has 2 aromatic heterocycles. The topological polar surface area (TPSA) is 78.4 Å². The third-order valence-corrected chi connectivity index (χ3v) is 6.21. The van der Waals surface area contributed by atoms with Crippen LogP contribution in [0.1, 0.15) is 26.5 Å². The third-order valence-electron chi connectivity index (χ3n) is 4.78. The van der Waals surface area contributed by atoms with Gasteiger partial charge in [-0.15, -0.1) is 0 Å². The van der Waals surface area contributed by atoms with Crippen LogP contribution in [0.4, 0.5) is 9.93 Å². The lowest BCUT2D eigenvalue weighted by Gasteiger charge is -2.17. The van der Waals surface area contributed by atoms with Crippen molar-refractivity contribution in [3.8, 4) is 0 Å². The van der Waals surface area contributed by atoms with Gasteiger partial charge in [-0.2, -0.15) is 0 Å². The molecular weight excluding hydrogens is 422 g/mol. The van der Waals surface area contributed by atoms with Crippen molar-refractivity contribution in [2.24, 2.45) is 0 Å². The Morgan fingerprint density at radius 3 is 2.73 bits per heavy atom. The van der Waals surface area contributed by atoms with Crippen LogP contribution in [0.25, 0.3) is 0 Å². The number of nitrogens with zero attached hydrogens (tertiary/aromatic N) is 4. The smallest absolute Gasteiger partial charge is 0.326 e. The van der Waals surface area contributed by atoms with E-state index in [1.54, 1.807) is 29.1 Å². The number of urea groups is 1. The minimum Gasteiger partial charge on any atom is -0.347 e. The maximum absolute atomic E-state index is 12.9. The molecule has 1 fully saturated rings. The molecule has 4 rings (SSSR count). The van der Waals surface area contributed by atoms with Crippen LogP contribution in [-0.4, -0.2) is 39.9 Å². The van der Waals surface area contributed by atoms with Crippen LogP contribution in [0.3, 0.4) is 0 Å². The van der Waals surface area contributed by atoms with Crippen molar-refractivity contribution < 1.29 is 9.59 Å². The molecule has 0 bridgehead atoms.